The van der Waals surface area contributed by atoms with Crippen molar-refractivity contribution in [3.05, 3.63) is 58.5 Å². The van der Waals surface area contributed by atoms with Crippen LogP contribution in [0.5, 0.6) is 0 Å². The van der Waals surface area contributed by atoms with Crippen molar-refractivity contribution >= 4 is 11.9 Å². The molecule has 0 radical (unpaired) electrons. The van der Waals surface area contributed by atoms with E-state index < -0.39 is 5.97 Å². The highest BCUT2D eigenvalue weighted by molar-refractivity contribution is 5.94. The van der Waals surface area contributed by atoms with Gasteiger partial charge in [-0.2, -0.15) is 0 Å². The first-order chi connectivity index (χ1) is 11.0. The van der Waals surface area contributed by atoms with Crippen molar-refractivity contribution in [2.75, 3.05) is 0 Å². The first kappa shape index (κ1) is 15.3. The van der Waals surface area contributed by atoms with Gasteiger partial charge in [0.2, 0.25) is 0 Å². The van der Waals surface area contributed by atoms with Crippen LogP contribution >= 0.6 is 0 Å². The number of hydrogen-bond donors (Lipinski definition) is 2. The fourth-order valence-corrected chi connectivity index (χ4v) is 2.76. The molecule has 2 N–H and O–H groups in total. The summed E-state index contributed by atoms with van der Waals surface area (Å²) in [4.78, 5) is 23.1. The van der Waals surface area contributed by atoms with Crippen molar-refractivity contribution in [1.29, 1.82) is 0 Å². The van der Waals surface area contributed by atoms with Gasteiger partial charge in [0.05, 0.1) is 6.54 Å². The monoisotopic (exact) mass is 313 g/mol. The Labute approximate surface area is 134 Å². The molecule has 0 bridgehead atoms. The van der Waals surface area contributed by atoms with Gasteiger partial charge in [-0.25, -0.2) is 4.79 Å². The van der Waals surface area contributed by atoms with Gasteiger partial charge >= 0.3 is 5.97 Å². The molecule has 1 aromatic heterocycles. The summed E-state index contributed by atoms with van der Waals surface area (Å²) in [5.74, 6) is 0.185. The average Bonchev–Trinajstić information content (AvgIpc) is 2.85. The van der Waals surface area contributed by atoms with Crippen LogP contribution in [0.3, 0.4) is 0 Å². The molecule has 1 saturated carbocycles. The molecule has 120 valence electrons. The van der Waals surface area contributed by atoms with Gasteiger partial charge in [0.25, 0.3) is 5.91 Å². The van der Waals surface area contributed by atoms with E-state index in [1.54, 1.807) is 6.92 Å². The number of carbonyl (C=O) groups is 2. The summed E-state index contributed by atoms with van der Waals surface area (Å²) in [5.41, 5.74) is 2.01. The minimum Gasteiger partial charge on any atom is -0.478 e. The molecule has 1 aliphatic rings. The summed E-state index contributed by atoms with van der Waals surface area (Å²) in [6, 6.07) is 9.13. The molecule has 0 atom stereocenters. The van der Waals surface area contributed by atoms with E-state index in [2.05, 4.69) is 5.32 Å². The molecule has 0 aliphatic heterocycles. The molecule has 1 aliphatic carbocycles. The highest BCUT2D eigenvalue weighted by Crippen LogP contribution is 2.36. The molecule has 0 saturated heterocycles. The Morgan fingerprint density at radius 1 is 1.26 bits per heavy atom. The number of carboxylic acid groups (broad SMARTS) is 1. The Bertz CT molecular complexity index is 726. The summed E-state index contributed by atoms with van der Waals surface area (Å²) in [6.45, 7) is 1.76. The van der Waals surface area contributed by atoms with Crippen LogP contribution in [0.25, 0.3) is 0 Å². The van der Waals surface area contributed by atoms with E-state index in [1.807, 2.05) is 24.3 Å². The predicted molar refractivity (Wildman–Crippen MR) is 84.6 cm³/mol. The molecule has 2 aromatic rings. The lowest BCUT2D eigenvalue weighted by molar-refractivity contribution is 0.0694. The van der Waals surface area contributed by atoms with Gasteiger partial charge in [-0.3, -0.25) is 4.79 Å². The molecule has 5 heteroatoms. The van der Waals surface area contributed by atoms with Gasteiger partial charge < -0.3 is 14.8 Å². The van der Waals surface area contributed by atoms with E-state index in [-0.39, 0.29) is 18.0 Å². The minimum absolute atomic E-state index is 0.124. The van der Waals surface area contributed by atoms with Crippen LogP contribution in [0, 0.1) is 6.92 Å². The van der Waals surface area contributed by atoms with Crippen molar-refractivity contribution in [2.24, 2.45) is 0 Å². The number of carboxylic acids is 1. The SMILES string of the molecule is Cc1oc(CNC(=O)c2ccc(C3CCC3)cc2)cc1C(=O)O. The molecule has 1 amide bonds. The lowest BCUT2D eigenvalue weighted by Crippen LogP contribution is -2.22. The molecular formula is C18H19NO4. The van der Waals surface area contributed by atoms with E-state index in [9.17, 15) is 9.59 Å². The van der Waals surface area contributed by atoms with Crippen LogP contribution in [-0.2, 0) is 6.54 Å². The number of furan rings is 1. The standard InChI is InChI=1S/C18H19NO4/c1-11-16(18(21)22)9-15(23-11)10-19-17(20)14-7-5-13(6-8-14)12-3-2-4-12/h5-9,12H,2-4,10H2,1H3,(H,19,20)(H,21,22). The van der Waals surface area contributed by atoms with Gasteiger partial charge in [-0.1, -0.05) is 18.6 Å². The molecule has 5 nitrogen and oxygen atoms in total. The zero-order chi connectivity index (χ0) is 16.4. The molecule has 0 spiro atoms. The van der Waals surface area contributed by atoms with Crippen LogP contribution in [0.2, 0.25) is 0 Å². The van der Waals surface area contributed by atoms with Crippen molar-refractivity contribution in [3.63, 3.8) is 0 Å². The van der Waals surface area contributed by atoms with Crippen molar-refractivity contribution in [2.45, 2.75) is 38.6 Å². The third-order valence-corrected chi connectivity index (χ3v) is 4.37. The molecule has 23 heavy (non-hydrogen) atoms. The van der Waals surface area contributed by atoms with E-state index in [0.29, 0.717) is 23.0 Å². The lowest BCUT2D eigenvalue weighted by atomic mass is 9.80. The Morgan fingerprint density at radius 2 is 1.96 bits per heavy atom. The smallest absolute Gasteiger partial charge is 0.339 e. The normalized spacial score (nSPS) is 14.3. The number of hydrogen-bond acceptors (Lipinski definition) is 3. The quantitative estimate of drug-likeness (QED) is 0.885. The maximum absolute atomic E-state index is 12.1. The summed E-state index contributed by atoms with van der Waals surface area (Å²) in [5, 5.41) is 11.7. The van der Waals surface area contributed by atoms with E-state index >= 15 is 0 Å². The lowest BCUT2D eigenvalue weighted by Gasteiger charge is -2.25. The van der Waals surface area contributed by atoms with Gasteiger partial charge in [-0.15, -0.1) is 0 Å². The van der Waals surface area contributed by atoms with Crippen molar-refractivity contribution in [3.8, 4) is 0 Å². The van der Waals surface area contributed by atoms with E-state index in [1.165, 1.54) is 30.9 Å². The number of benzene rings is 1. The molecular weight excluding hydrogens is 294 g/mol. The summed E-state index contributed by atoms with van der Waals surface area (Å²) >= 11 is 0. The highest BCUT2D eigenvalue weighted by atomic mass is 16.4. The van der Waals surface area contributed by atoms with Gasteiger partial charge in [0, 0.05) is 5.56 Å². The number of carbonyl (C=O) groups excluding carboxylic acids is 1. The highest BCUT2D eigenvalue weighted by Gasteiger charge is 2.19. The first-order valence-electron chi connectivity index (χ1n) is 7.75. The summed E-state index contributed by atoms with van der Waals surface area (Å²) in [6.07, 6.45) is 3.75. The Morgan fingerprint density at radius 3 is 2.48 bits per heavy atom. The molecule has 3 rings (SSSR count). The fourth-order valence-electron chi connectivity index (χ4n) is 2.76. The predicted octanol–water partition coefficient (Wildman–Crippen LogP) is 3.48. The maximum Gasteiger partial charge on any atom is 0.339 e. The summed E-state index contributed by atoms with van der Waals surface area (Å²) in [7, 11) is 0. The Hall–Kier alpha value is -2.56. The number of nitrogens with one attached hydrogen (secondary N) is 1. The molecule has 1 aromatic carbocycles. The third-order valence-electron chi connectivity index (χ3n) is 4.37. The molecule has 0 unspecified atom stereocenters. The van der Waals surface area contributed by atoms with Crippen LogP contribution in [-0.4, -0.2) is 17.0 Å². The second-order valence-corrected chi connectivity index (χ2v) is 5.92. The van der Waals surface area contributed by atoms with Crippen LogP contribution in [0.4, 0.5) is 0 Å². The number of rotatable bonds is 5. The van der Waals surface area contributed by atoms with Crippen molar-refractivity contribution < 1.29 is 19.1 Å². The number of aromatic carboxylic acids is 1. The third kappa shape index (κ3) is 3.28. The second-order valence-electron chi connectivity index (χ2n) is 5.92. The number of amides is 1. The van der Waals surface area contributed by atoms with Crippen molar-refractivity contribution in [1.82, 2.24) is 5.32 Å². The first-order valence-corrected chi connectivity index (χ1v) is 7.75. The van der Waals surface area contributed by atoms with Crippen LogP contribution in [0.15, 0.2) is 34.7 Å². The maximum atomic E-state index is 12.1. The Kier molecular flexibility index (Phi) is 4.19. The zero-order valence-corrected chi connectivity index (χ0v) is 13.0. The van der Waals surface area contributed by atoms with Gasteiger partial charge in [-0.05, 0) is 49.4 Å². The van der Waals surface area contributed by atoms with Crippen LogP contribution < -0.4 is 5.32 Å². The average molecular weight is 313 g/mol. The number of aryl methyl sites for hydroxylation is 1. The van der Waals surface area contributed by atoms with E-state index in [0.717, 1.165) is 0 Å². The van der Waals surface area contributed by atoms with Gasteiger partial charge in [0.15, 0.2) is 0 Å². The summed E-state index contributed by atoms with van der Waals surface area (Å²) < 4.78 is 5.34. The topological polar surface area (TPSA) is 79.5 Å². The zero-order valence-electron chi connectivity index (χ0n) is 13.0. The minimum atomic E-state index is -1.03. The second kappa shape index (κ2) is 6.28. The largest absolute Gasteiger partial charge is 0.478 e. The molecule has 1 heterocycles. The Balaban J connectivity index is 1.60. The van der Waals surface area contributed by atoms with Gasteiger partial charge in [0.1, 0.15) is 17.1 Å². The van der Waals surface area contributed by atoms with Crippen LogP contribution in [0.1, 0.15) is 63.0 Å². The fraction of sp³-hybridized carbons (Fsp3) is 0.333. The molecule has 1 fully saturated rings. The van der Waals surface area contributed by atoms with E-state index in [4.69, 9.17) is 9.52 Å².